The summed E-state index contributed by atoms with van der Waals surface area (Å²) in [5, 5.41) is 0. The molecule has 40 heavy (non-hydrogen) atoms. The maximum atomic E-state index is 6.22. The maximum Gasteiger partial charge on any atom is 0.134 e. The highest BCUT2D eigenvalue weighted by Gasteiger charge is 2.09. The minimum atomic E-state index is 0.679. The summed E-state index contributed by atoms with van der Waals surface area (Å²) in [5.41, 5.74) is 5.53. The molecule has 0 N–H and O–H groups in total. The van der Waals surface area contributed by atoms with Crippen molar-refractivity contribution in [3.8, 4) is 45.9 Å². The van der Waals surface area contributed by atoms with E-state index in [0.29, 0.717) is 13.2 Å². The molecule has 2 heterocycles. The van der Waals surface area contributed by atoms with Crippen molar-refractivity contribution in [2.75, 3.05) is 13.2 Å². The summed E-state index contributed by atoms with van der Waals surface area (Å²) in [5.74, 6) is 8.43. The van der Waals surface area contributed by atoms with Gasteiger partial charge in [0.05, 0.1) is 35.7 Å². The number of aromatic nitrogens is 2. The third-order valence-corrected chi connectivity index (χ3v) is 6.72. The van der Waals surface area contributed by atoms with Crippen LogP contribution in [-0.4, -0.2) is 23.2 Å². The van der Waals surface area contributed by atoms with E-state index in [4.69, 9.17) is 9.47 Å². The lowest BCUT2D eigenvalue weighted by molar-refractivity contribution is 0.304. The largest absolute Gasteiger partial charge is 0.492 e. The molecule has 0 radical (unpaired) electrons. The summed E-state index contributed by atoms with van der Waals surface area (Å²) >= 11 is 0. The summed E-state index contributed by atoms with van der Waals surface area (Å²) < 4.78 is 12.4. The molecule has 0 fully saturated rings. The predicted molar refractivity (Wildman–Crippen MR) is 165 cm³/mol. The van der Waals surface area contributed by atoms with Crippen molar-refractivity contribution in [2.24, 2.45) is 0 Å². The first-order chi connectivity index (χ1) is 19.8. The van der Waals surface area contributed by atoms with Crippen LogP contribution in [0, 0.1) is 11.8 Å². The fourth-order valence-corrected chi connectivity index (χ4v) is 4.45. The van der Waals surface area contributed by atoms with Crippen molar-refractivity contribution in [1.82, 2.24) is 9.97 Å². The number of hydrogen-bond acceptors (Lipinski definition) is 4. The van der Waals surface area contributed by atoms with Crippen LogP contribution in [-0.2, 0) is 0 Å². The Morgan fingerprint density at radius 1 is 0.550 bits per heavy atom. The van der Waals surface area contributed by atoms with Gasteiger partial charge < -0.3 is 9.47 Å². The number of rotatable bonds is 14. The molecular weight excluding hydrogens is 492 g/mol. The molecule has 2 aromatic carbocycles. The predicted octanol–water partition coefficient (Wildman–Crippen LogP) is 9.13. The molecule has 0 spiro atoms. The summed E-state index contributed by atoms with van der Waals surface area (Å²) in [6.45, 7) is 5.80. The van der Waals surface area contributed by atoms with Crippen molar-refractivity contribution in [3.63, 3.8) is 0 Å². The zero-order valence-corrected chi connectivity index (χ0v) is 23.9. The Morgan fingerprint density at radius 3 is 1.43 bits per heavy atom. The Kier molecular flexibility index (Phi) is 11.6. The minimum absolute atomic E-state index is 0.679. The van der Waals surface area contributed by atoms with Crippen LogP contribution in [0.4, 0.5) is 0 Å². The quantitative estimate of drug-likeness (QED) is 0.120. The average Bonchev–Trinajstić information content (AvgIpc) is 3.01. The number of ether oxygens (including phenoxy) is 2. The topological polar surface area (TPSA) is 44.2 Å². The molecule has 0 saturated carbocycles. The summed E-state index contributed by atoms with van der Waals surface area (Å²) in [6, 6.07) is 24.2. The second-order valence-electron chi connectivity index (χ2n) is 9.92. The lowest BCUT2D eigenvalue weighted by Gasteiger charge is -2.11. The molecule has 2 aromatic heterocycles. The van der Waals surface area contributed by atoms with E-state index in [1.807, 2.05) is 60.9 Å². The van der Waals surface area contributed by atoms with Gasteiger partial charge in [0, 0.05) is 23.5 Å². The Balaban J connectivity index is 1.66. The standard InChI is InChI=1S/C36H40N2O2/c1-3-5-7-13-25-39-35-21-19-29(33-15-9-11-23-37-33)27-31(35)17-18-32-28-30(34-16-10-12-24-38-34)20-22-36(32)40-26-14-8-6-4-2/h9-12,15-16,19-24,27-28H,3-8,13-14,25-26H2,1-2H3. The Hall–Kier alpha value is -4.10. The van der Waals surface area contributed by atoms with E-state index in [1.54, 1.807) is 0 Å². The first-order valence-corrected chi connectivity index (χ1v) is 14.7. The van der Waals surface area contributed by atoms with Gasteiger partial charge in [0.15, 0.2) is 0 Å². The smallest absolute Gasteiger partial charge is 0.134 e. The molecule has 4 nitrogen and oxygen atoms in total. The van der Waals surface area contributed by atoms with Crippen molar-refractivity contribution >= 4 is 0 Å². The van der Waals surface area contributed by atoms with Gasteiger partial charge in [-0.15, -0.1) is 0 Å². The van der Waals surface area contributed by atoms with E-state index in [-0.39, 0.29) is 0 Å². The van der Waals surface area contributed by atoms with Crippen LogP contribution in [0.25, 0.3) is 22.5 Å². The molecule has 0 amide bonds. The molecule has 0 aliphatic rings. The van der Waals surface area contributed by atoms with Crippen molar-refractivity contribution in [2.45, 2.75) is 65.2 Å². The molecule has 0 saturated heterocycles. The Bertz CT molecular complexity index is 1270. The van der Waals surface area contributed by atoms with Crippen LogP contribution >= 0.6 is 0 Å². The second kappa shape index (κ2) is 16.1. The first-order valence-electron chi connectivity index (χ1n) is 14.7. The molecule has 0 unspecified atom stereocenters. The summed E-state index contributed by atoms with van der Waals surface area (Å²) in [7, 11) is 0. The molecule has 0 aliphatic heterocycles. The fraction of sp³-hybridized carbons (Fsp3) is 0.333. The van der Waals surface area contributed by atoms with Crippen LogP contribution in [0.2, 0.25) is 0 Å². The first kappa shape index (κ1) is 28.9. The van der Waals surface area contributed by atoms with Gasteiger partial charge in [0.25, 0.3) is 0 Å². The third kappa shape index (κ3) is 8.71. The monoisotopic (exact) mass is 532 g/mol. The molecule has 0 atom stereocenters. The minimum Gasteiger partial charge on any atom is -0.492 e. The number of benzene rings is 2. The summed E-state index contributed by atoms with van der Waals surface area (Å²) in [4.78, 5) is 9.06. The molecule has 206 valence electrons. The van der Waals surface area contributed by atoms with E-state index in [9.17, 15) is 0 Å². The van der Waals surface area contributed by atoms with Crippen LogP contribution in [0.3, 0.4) is 0 Å². The second-order valence-corrected chi connectivity index (χ2v) is 9.92. The van der Waals surface area contributed by atoms with Gasteiger partial charge in [-0.25, -0.2) is 0 Å². The fourth-order valence-electron chi connectivity index (χ4n) is 4.45. The summed E-state index contributed by atoms with van der Waals surface area (Å²) in [6.07, 6.45) is 12.9. The van der Waals surface area contributed by atoms with Gasteiger partial charge in [0.1, 0.15) is 11.5 Å². The normalized spacial score (nSPS) is 10.6. The number of pyridine rings is 2. The van der Waals surface area contributed by atoms with Crippen molar-refractivity contribution < 1.29 is 9.47 Å². The highest BCUT2D eigenvalue weighted by molar-refractivity contribution is 5.67. The van der Waals surface area contributed by atoms with Gasteiger partial charge in [0.2, 0.25) is 0 Å². The SMILES string of the molecule is CCCCCCOc1ccc(-c2ccccn2)cc1C#Cc1cc(-c2ccccn2)ccc1OCCCCCC. The van der Waals surface area contributed by atoms with Crippen molar-refractivity contribution in [3.05, 3.63) is 96.3 Å². The molecule has 4 rings (SSSR count). The molecule has 0 bridgehead atoms. The number of hydrogen-bond donors (Lipinski definition) is 0. The van der Waals surface area contributed by atoms with Crippen molar-refractivity contribution in [1.29, 1.82) is 0 Å². The molecule has 4 heteroatoms. The molecular formula is C36H40N2O2. The van der Waals surface area contributed by atoms with Gasteiger partial charge in [-0.05, 0) is 73.5 Å². The van der Waals surface area contributed by atoms with Gasteiger partial charge in [-0.1, -0.05) is 76.3 Å². The highest BCUT2D eigenvalue weighted by atomic mass is 16.5. The van der Waals surface area contributed by atoms with E-state index < -0.39 is 0 Å². The van der Waals surface area contributed by atoms with E-state index in [0.717, 1.165) is 58.0 Å². The lowest BCUT2D eigenvalue weighted by Crippen LogP contribution is -2.00. The van der Waals surface area contributed by atoms with Crippen LogP contribution in [0.5, 0.6) is 11.5 Å². The Morgan fingerprint density at radius 2 is 1.02 bits per heavy atom. The third-order valence-electron chi connectivity index (χ3n) is 6.72. The van der Waals surface area contributed by atoms with E-state index in [1.165, 1.54) is 38.5 Å². The average molecular weight is 533 g/mol. The van der Waals surface area contributed by atoms with E-state index >= 15 is 0 Å². The lowest BCUT2D eigenvalue weighted by atomic mass is 10.0. The van der Waals surface area contributed by atoms with Crippen LogP contribution in [0.15, 0.2) is 85.2 Å². The number of unbranched alkanes of at least 4 members (excludes halogenated alkanes) is 6. The highest BCUT2D eigenvalue weighted by Crippen LogP contribution is 2.28. The van der Waals surface area contributed by atoms with Crippen LogP contribution in [0.1, 0.15) is 76.3 Å². The van der Waals surface area contributed by atoms with Gasteiger partial charge >= 0.3 is 0 Å². The zero-order valence-electron chi connectivity index (χ0n) is 23.9. The molecule has 4 aromatic rings. The Labute approximate surface area is 239 Å². The van der Waals surface area contributed by atoms with E-state index in [2.05, 4.69) is 59.9 Å². The van der Waals surface area contributed by atoms with Gasteiger partial charge in [-0.3, -0.25) is 9.97 Å². The zero-order chi connectivity index (χ0) is 27.8. The maximum absolute atomic E-state index is 6.22. The number of nitrogens with zero attached hydrogens (tertiary/aromatic N) is 2. The van der Waals surface area contributed by atoms with Gasteiger partial charge in [-0.2, -0.15) is 0 Å². The molecule has 0 aliphatic carbocycles. The van der Waals surface area contributed by atoms with Crippen LogP contribution < -0.4 is 9.47 Å².